The second kappa shape index (κ2) is 14.4. The molecule has 46 heavy (non-hydrogen) atoms. The molecule has 2 amide bonds. The molecule has 0 saturated carbocycles. The molecule has 0 unspecified atom stereocenters. The molecule has 1 aliphatic heterocycles. The zero-order chi connectivity index (χ0) is 32.7. The number of carbonyl (C=O) groups is 2. The second-order valence-electron chi connectivity index (χ2n) is 12.5. The molecular weight excluding hydrogens is 582 g/mol. The first-order chi connectivity index (χ1) is 22.1. The van der Waals surface area contributed by atoms with Crippen molar-refractivity contribution in [2.75, 3.05) is 29.9 Å². The number of ether oxygens (including phenoxy) is 2. The van der Waals surface area contributed by atoms with Gasteiger partial charge in [0.25, 0.3) is 0 Å². The Morgan fingerprint density at radius 3 is 2.57 bits per heavy atom. The molecule has 0 atom stereocenters. The van der Waals surface area contributed by atoms with Crippen molar-refractivity contribution in [1.29, 1.82) is 0 Å². The minimum Gasteiger partial charge on any atom is -0.493 e. The van der Waals surface area contributed by atoms with Crippen molar-refractivity contribution in [2.45, 2.75) is 72.3 Å². The predicted molar refractivity (Wildman–Crippen MR) is 178 cm³/mol. The van der Waals surface area contributed by atoms with Gasteiger partial charge in [-0.2, -0.15) is 10.1 Å². The maximum atomic E-state index is 13.3. The van der Waals surface area contributed by atoms with Crippen LogP contribution in [0.5, 0.6) is 17.4 Å². The number of piperidine rings is 1. The van der Waals surface area contributed by atoms with E-state index in [1.54, 1.807) is 16.9 Å². The predicted octanol–water partition coefficient (Wildman–Crippen LogP) is 6.73. The van der Waals surface area contributed by atoms with Crippen LogP contribution in [-0.4, -0.2) is 51.3 Å². The molecule has 3 heterocycles. The van der Waals surface area contributed by atoms with E-state index >= 15 is 0 Å². The molecule has 0 radical (unpaired) electrons. The SMILES string of the molecule is CCCCOc1cc(-n2nc(C(C)(C)C)cc2NC(=O)NCc2ccccc2Oc2ccnc(N3CCC(=O)CC3)n2)ccc1C. The highest BCUT2D eigenvalue weighted by Crippen LogP contribution is 2.30. The summed E-state index contributed by atoms with van der Waals surface area (Å²) < 4.78 is 13.9. The standard InChI is InChI=1S/C35H43N7O4/c1-6-7-20-45-29-21-26(13-12-24(29)2)42-31(22-30(40-42)35(3,4)5)38-34(44)37-23-25-10-8-9-11-28(25)46-32-14-17-36-33(39-32)41-18-15-27(43)16-19-41/h8-14,17,21-22H,6-7,15-16,18-20,23H2,1-5H3,(H2,37,38,44). The number of para-hydroxylation sites is 1. The molecule has 0 bridgehead atoms. The summed E-state index contributed by atoms with van der Waals surface area (Å²) >= 11 is 0. The van der Waals surface area contributed by atoms with E-state index in [9.17, 15) is 9.59 Å². The number of urea groups is 1. The summed E-state index contributed by atoms with van der Waals surface area (Å²) in [5, 5.41) is 10.8. The molecule has 1 aliphatic rings. The van der Waals surface area contributed by atoms with Gasteiger partial charge in [0, 0.05) is 67.9 Å². The number of benzene rings is 2. The molecule has 0 aliphatic carbocycles. The summed E-state index contributed by atoms with van der Waals surface area (Å²) in [6, 6.07) is 16.6. The van der Waals surface area contributed by atoms with Crippen molar-refractivity contribution in [3.8, 4) is 23.1 Å². The highest BCUT2D eigenvalue weighted by molar-refractivity contribution is 5.88. The molecule has 4 aromatic rings. The van der Waals surface area contributed by atoms with E-state index in [0.29, 0.717) is 55.9 Å². The average molecular weight is 626 g/mol. The van der Waals surface area contributed by atoms with E-state index in [-0.39, 0.29) is 23.8 Å². The number of Topliss-reactive ketones (excluding diaryl/α,β-unsaturated/α-hetero) is 1. The molecule has 242 valence electrons. The van der Waals surface area contributed by atoms with Gasteiger partial charge in [-0.15, -0.1) is 0 Å². The van der Waals surface area contributed by atoms with E-state index in [0.717, 1.165) is 41.1 Å². The summed E-state index contributed by atoms with van der Waals surface area (Å²) in [5.41, 5.74) is 3.22. The van der Waals surface area contributed by atoms with Gasteiger partial charge in [0.1, 0.15) is 23.1 Å². The number of ketones is 1. The topological polar surface area (TPSA) is 123 Å². The second-order valence-corrected chi connectivity index (χ2v) is 12.5. The summed E-state index contributed by atoms with van der Waals surface area (Å²) in [4.78, 5) is 35.8. The smallest absolute Gasteiger partial charge is 0.320 e. The molecular formula is C35H43N7O4. The quantitative estimate of drug-likeness (QED) is 0.176. The van der Waals surface area contributed by atoms with Crippen LogP contribution in [0.1, 0.15) is 70.2 Å². The van der Waals surface area contributed by atoms with Gasteiger partial charge in [0.2, 0.25) is 11.8 Å². The number of unbranched alkanes of at least 4 members (excludes halogenated alkanes) is 1. The van der Waals surface area contributed by atoms with E-state index < -0.39 is 0 Å². The third-order valence-corrected chi connectivity index (χ3v) is 7.74. The van der Waals surface area contributed by atoms with Gasteiger partial charge < -0.3 is 19.7 Å². The van der Waals surface area contributed by atoms with Crippen LogP contribution in [-0.2, 0) is 16.8 Å². The van der Waals surface area contributed by atoms with E-state index in [4.69, 9.17) is 14.6 Å². The summed E-state index contributed by atoms with van der Waals surface area (Å²) in [6.07, 6.45) is 4.65. The largest absolute Gasteiger partial charge is 0.493 e. The fraction of sp³-hybridized carbons (Fsp3) is 0.400. The highest BCUT2D eigenvalue weighted by Gasteiger charge is 2.23. The molecule has 2 aromatic heterocycles. The van der Waals surface area contributed by atoms with Gasteiger partial charge in [-0.3, -0.25) is 10.1 Å². The van der Waals surface area contributed by atoms with Crippen LogP contribution in [0.2, 0.25) is 0 Å². The number of anilines is 2. The number of rotatable bonds is 11. The monoisotopic (exact) mass is 625 g/mol. The molecule has 11 heteroatoms. The number of nitrogens with zero attached hydrogens (tertiary/aromatic N) is 5. The van der Waals surface area contributed by atoms with Crippen molar-refractivity contribution in [3.05, 3.63) is 77.6 Å². The fourth-order valence-electron chi connectivity index (χ4n) is 4.93. The van der Waals surface area contributed by atoms with E-state index in [2.05, 4.69) is 48.3 Å². The molecule has 0 spiro atoms. The third kappa shape index (κ3) is 8.21. The number of nitrogens with one attached hydrogen (secondary N) is 2. The number of aryl methyl sites for hydroxylation is 1. The van der Waals surface area contributed by atoms with E-state index in [1.807, 2.05) is 60.4 Å². The van der Waals surface area contributed by atoms with Crippen LogP contribution in [0, 0.1) is 6.92 Å². The molecule has 1 fully saturated rings. The maximum Gasteiger partial charge on any atom is 0.320 e. The first-order valence-corrected chi connectivity index (χ1v) is 15.9. The van der Waals surface area contributed by atoms with Gasteiger partial charge in [-0.1, -0.05) is 58.4 Å². The first kappa shape index (κ1) is 32.5. The van der Waals surface area contributed by atoms with Crippen LogP contribution in [0.15, 0.2) is 60.8 Å². The number of aromatic nitrogens is 4. The Balaban J connectivity index is 1.29. The van der Waals surface area contributed by atoms with Crippen LogP contribution < -0.4 is 25.0 Å². The minimum atomic E-state index is -0.382. The van der Waals surface area contributed by atoms with Crippen LogP contribution in [0.4, 0.5) is 16.6 Å². The average Bonchev–Trinajstić information content (AvgIpc) is 3.46. The Labute approximate surface area is 270 Å². The van der Waals surface area contributed by atoms with Gasteiger partial charge in [-0.05, 0) is 31.0 Å². The van der Waals surface area contributed by atoms with Crippen molar-refractivity contribution < 1.29 is 19.1 Å². The van der Waals surface area contributed by atoms with Gasteiger partial charge in [0.15, 0.2) is 0 Å². The lowest BCUT2D eigenvalue weighted by Gasteiger charge is -2.25. The summed E-state index contributed by atoms with van der Waals surface area (Å²) in [5.74, 6) is 3.07. The summed E-state index contributed by atoms with van der Waals surface area (Å²) in [7, 11) is 0. The number of hydrogen-bond donors (Lipinski definition) is 2. The number of carbonyl (C=O) groups excluding carboxylic acids is 2. The van der Waals surface area contributed by atoms with Gasteiger partial charge >= 0.3 is 6.03 Å². The molecule has 2 aromatic carbocycles. The lowest BCUT2D eigenvalue weighted by molar-refractivity contribution is -0.119. The van der Waals surface area contributed by atoms with Gasteiger partial charge in [-0.25, -0.2) is 14.5 Å². The first-order valence-electron chi connectivity index (χ1n) is 15.9. The highest BCUT2D eigenvalue weighted by atomic mass is 16.5. The normalized spacial score (nSPS) is 13.4. The molecule has 2 N–H and O–H groups in total. The Kier molecular flexibility index (Phi) is 10.2. The molecule has 11 nitrogen and oxygen atoms in total. The maximum absolute atomic E-state index is 13.3. The van der Waals surface area contributed by atoms with Crippen molar-refractivity contribution in [1.82, 2.24) is 25.1 Å². The molecule has 1 saturated heterocycles. The number of hydrogen-bond acceptors (Lipinski definition) is 8. The third-order valence-electron chi connectivity index (χ3n) is 7.74. The van der Waals surface area contributed by atoms with Crippen molar-refractivity contribution in [2.24, 2.45) is 0 Å². The number of amides is 2. The molecule has 5 rings (SSSR count). The Hall–Kier alpha value is -4.93. The fourth-order valence-corrected chi connectivity index (χ4v) is 4.93. The van der Waals surface area contributed by atoms with Crippen LogP contribution in [0.3, 0.4) is 0 Å². The minimum absolute atomic E-state index is 0.217. The Morgan fingerprint density at radius 1 is 1.02 bits per heavy atom. The zero-order valence-electron chi connectivity index (χ0n) is 27.3. The van der Waals surface area contributed by atoms with Crippen molar-refractivity contribution >= 4 is 23.6 Å². The lowest BCUT2D eigenvalue weighted by Crippen LogP contribution is -2.34. The lowest BCUT2D eigenvalue weighted by atomic mass is 9.92. The van der Waals surface area contributed by atoms with E-state index in [1.165, 1.54) is 0 Å². The Bertz CT molecular complexity index is 1670. The zero-order valence-corrected chi connectivity index (χ0v) is 27.3. The Morgan fingerprint density at radius 2 is 1.80 bits per heavy atom. The van der Waals surface area contributed by atoms with Crippen LogP contribution in [0.25, 0.3) is 5.69 Å². The summed E-state index contributed by atoms with van der Waals surface area (Å²) in [6.45, 7) is 12.4. The van der Waals surface area contributed by atoms with Gasteiger partial charge in [0.05, 0.1) is 18.0 Å². The van der Waals surface area contributed by atoms with Crippen molar-refractivity contribution in [3.63, 3.8) is 0 Å². The van der Waals surface area contributed by atoms with Crippen LogP contribution >= 0.6 is 0 Å².